The first kappa shape index (κ1) is 12.0. The van der Waals surface area contributed by atoms with Crippen LogP contribution >= 0.6 is 0 Å². The predicted octanol–water partition coefficient (Wildman–Crippen LogP) is 0.809. The normalized spacial score (nSPS) is 10.7. The fraction of sp³-hybridized carbons (Fsp3) is 0. The average Bonchev–Trinajstić information content (AvgIpc) is 2.87. The zero-order valence-corrected chi connectivity index (χ0v) is 10.0. The molecule has 3 aromatic rings. The smallest absolute Gasteiger partial charge is 0.256 e. The number of nitrogens with one attached hydrogen (secondary N) is 2. The Morgan fingerprint density at radius 1 is 1.30 bits per heavy atom. The Labute approximate surface area is 111 Å². The van der Waals surface area contributed by atoms with Crippen LogP contribution in [0.3, 0.4) is 0 Å². The van der Waals surface area contributed by atoms with E-state index in [1.54, 1.807) is 0 Å². The van der Waals surface area contributed by atoms with E-state index in [1.807, 2.05) is 0 Å². The number of benzene rings is 1. The van der Waals surface area contributed by atoms with Crippen molar-refractivity contribution in [1.82, 2.24) is 19.6 Å². The molecule has 0 aliphatic carbocycles. The maximum absolute atomic E-state index is 12.8. The first-order valence-electron chi connectivity index (χ1n) is 5.63. The average molecular weight is 273 g/mol. The number of aromatic nitrogens is 4. The van der Waals surface area contributed by atoms with E-state index in [4.69, 9.17) is 0 Å². The predicted molar refractivity (Wildman–Crippen MR) is 68.0 cm³/mol. The Hall–Kier alpha value is -3.03. The largest absolute Gasteiger partial charge is 0.306 e. The van der Waals surface area contributed by atoms with Crippen molar-refractivity contribution in [3.63, 3.8) is 0 Å². The van der Waals surface area contributed by atoms with Crippen LogP contribution in [0.2, 0.25) is 0 Å². The van der Waals surface area contributed by atoms with E-state index >= 15 is 0 Å². The van der Waals surface area contributed by atoms with Gasteiger partial charge in [-0.05, 0) is 24.3 Å². The third-order valence-corrected chi connectivity index (χ3v) is 2.63. The third-order valence-electron chi connectivity index (χ3n) is 2.63. The Bertz CT molecular complexity index is 837. The summed E-state index contributed by atoms with van der Waals surface area (Å²) < 4.78 is 14.1. The molecule has 1 aromatic carbocycles. The molecular weight excluding hydrogens is 265 g/mol. The number of aromatic amines is 1. The number of hydrogen-bond donors (Lipinski definition) is 2. The van der Waals surface area contributed by atoms with Crippen molar-refractivity contribution in [3.05, 3.63) is 58.4 Å². The maximum Gasteiger partial charge on any atom is 0.256 e. The van der Waals surface area contributed by atoms with Gasteiger partial charge in [0.15, 0.2) is 0 Å². The molecule has 7 nitrogen and oxygen atoms in total. The molecule has 3 rings (SSSR count). The molecule has 0 saturated heterocycles. The lowest BCUT2D eigenvalue weighted by Gasteiger charge is -2.06. The second kappa shape index (κ2) is 4.57. The van der Waals surface area contributed by atoms with Crippen LogP contribution in [0.5, 0.6) is 0 Å². The molecule has 0 saturated carbocycles. The van der Waals surface area contributed by atoms with Gasteiger partial charge in [0.05, 0.1) is 0 Å². The molecule has 0 radical (unpaired) electrons. The molecule has 100 valence electrons. The fourth-order valence-electron chi connectivity index (χ4n) is 1.71. The molecular formula is C12H8FN5O2. The monoisotopic (exact) mass is 273 g/mol. The zero-order valence-electron chi connectivity index (χ0n) is 10.0. The number of amides is 1. The van der Waals surface area contributed by atoms with Gasteiger partial charge in [-0.2, -0.15) is 14.6 Å². The minimum atomic E-state index is -0.479. The minimum Gasteiger partial charge on any atom is -0.306 e. The molecule has 20 heavy (non-hydrogen) atoms. The summed E-state index contributed by atoms with van der Waals surface area (Å²) in [4.78, 5) is 29.7. The van der Waals surface area contributed by atoms with Gasteiger partial charge in [-0.1, -0.05) is 0 Å². The summed E-state index contributed by atoms with van der Waals surface area (Å²) in [5.74, 6) is -0.522. The number of fused-ring (bicyclic) bond motifs is 1. The highest BCUT2D eigenvalue weighted by Crippen LogP contribution is 2.08. The van der Waals surface area contributed by atoms with Gasteiger partial charge in [0.1, 0.15) is 18.0 Å². The molecule has 0 aliphatic rings. The van der Waals surface area contributed by atoms with E-state index in [1.165, 1.54) is 41.2 Å². The van der Waals surface area contributed by atoms with Crippen LogP contribution in [0.1, 0.15) is 10.4 Å². The third kappa shape index (κ3) is 2.14. The standard InChI is InChI=1S/C12H8FN5O2/c13-8-3-1-7(2-4-8)11(20)16-9-5-10(19)17-12-14-6-15-18(9)12/h1-6H,(H,16,20)(H,14,15,17,19). The second-order valence-corrected chi connectivity index (χ2v) is 3.98. The highest BCUT2D eigenvalue weighted by molar-refractivity contribution is 6.03. The lowest BCUT2D eigenvalue weighted by atomic mass is 10.2. The van der Waals surface area contributed by atoms with Crippen molar-refractivity contribution in [3.8, 4) is 0 Å². The van der Waals surface area contributed by atoms with E-state index in [-0.39, 0.29) is 17.2 Å². The first-order valence-corrected chi connectivity index (χ1v) is 5.63. The summed E-state index contributed by atoms with van der Waals surface area (Å²) in [5.41, 5.74) is -0.153. The van der Waals surface area contributed by atoms with Gasteiger partial charge in [0, 0.05) is 11.6 Å². The van der Waals surface area contributed by atoms with Crippen molar-refractivity contribution < 1.29 is 9.18 Å². The zero-order chi connectivity index (χ0) is 14.1. The fourth-order valence-corrected chi connectivity index (χ4v) is 1.71. The van der Waals surface area contributed by atoms with Crippen molar-refractivity contribution >= 4 is 17.5 Å². The summed E-state index contributed by atoms with van der Waals surface area (Å²) in [5, 5.41) is 6.41. The van der Waals surface area contributed by atoms with Gasteiger partial charge in [-0.25, -0.2) is 4.39 Å². The van der Waals surface area contributed by atoms with Gasteiger partial charge in [-0.3, -0.25) is 14.6 Å². The van der Waals surface area contributed by atoms with Crippen molar-refractivity contribution in [1.29, 1.82) is 0 Å². The molecule has 8 heteroatoms. The van der Waals surface area contributed by atoms with Crippen LogP contribution in [-0.4, -0.2) is 25.5 Å². The Kier molecular flexibility index (Phi) is 2.75. The van der Waals surface area contributed by atoms with E-state index in [2.05, 4.69) is 20.4 Å². The summed E-state index contributed by atoms with van der Waals surface area (Å²) in [6, 6.07) is 6.23. The van der Waals surface area contributed by atoms with Crippen molar-refractivity contribution in [2.24, 2.45) is 0 Å². The van der Waals surface area contributed by atoms with Crippen LogP contribution in [0.15, 0.2) is 41.5 Å². The number of halogens is 1. The quantitative estimate of drug-likeness (QED) is 0.722. The second-order valence-electron chi connectivity index (χ2n) is 3.98. The Morgan fingerprint density at radius 2 is 2.05 bits per heavy atom. The number of carbonyl (C=O) groups is 1. The number of anilines is 1. The summed E-state index contributed by atoms with van der Waals surface area (Å²) >= 11 is 0. The van der Waals surface area contributed by atoms with Crippen molar-refractivity contribution in [2.45, 2.75) is 0 Å². The SMILES string of the molecule is O=C(Nc1cc(=O)[nH]c2ncnn12)c1ccc(F)cc1. The molecule has 0 bridgehead atoms. The molecule has 0 spiro atoms. The molecule has 2 heterocycles. The van der Waals surface area contributed by atoms with E-state index < -0.39 is 17.3 Å². The summed E-state index contributed by atoms with van der Waals surface area (Å²) in [7, 11) is 0. The molecule has 0 aliphatic heterocycles. The number of carbonyl (C=O) groups excluding carboxylic acids is 1. The maximum atomic E-state index is 12.8. The van der Waals surface area contributed by atoms with E-state index in [9.17, 15) is 14.0 Å². The number of rotatable bonds is 2. The lowest BCUT2D eigenvalue weighted by Crippen LogP contribution is -2.18. The van der Waals surface area contributed by atoms with Crippen LogP contribution < -0.4 is 10.9 Å². The van der Waals surface area contributed by atoms with Gasteiger partial charge in [0.25, 0.3) is 11.5 Å². The Balaban J connectivity index is 1.96. The Morgan fingerprint density at radius 3 is 2.80 bits per heavy atom. The van der Waals surface area contributed by atoms with E-state index in [0.717, 1.165) is 0 Å². The van der Waals surface area contributed by atoms with Gasteiger partial charge >= 0.3 is 0 Å². The first-order chi connectivity index (χ1) is 9.63. The molecule has 2 aromatic heterocycles. The number of H-pyrrole nitrogens is 1. The molecule has 1 amide bonds. The topological polar surface area (TPSA) is 92.1 Å². The molecule has 0 atom stereocenters. The molecule has 0 unspecified atom stereocenters. The van der Waals surface area contributed by atoms with Crippen LogP contribution in [0, 0.1) is 5.82 Å². The van der Waals surface area contributed by atoms with Gasteiger partial charge in [-0.15, -0.1) is 0 Å². The number of nitrogens with zero attached hydrogens (tertiary/aromatic N) is 3. The highest BCUT2D eigenvalue weighted by atomic mass is 19.1. The van der Waals surface area contributed by atoms with Crippen LogP contribution in [0.4, 0.5) is 10.2 Å². The van der Waals surface area contributed by atoms with Gasteiger partial charge in [0.2, 0.25) is 5.78 Å². The molecule has 2 N–H and O–H groups in total. The minimum absolute atomic E-state index is 0.176. The highest BCUT2D eigenvalue weighted by Gasteiger charge is 2.10. The van der Waals surface area contributed by atoms with Crippen molar-refractivity contribution in [2.75, 3.05) is 5.32 Å². The molecule has 0 fully saturated rings. The summed E-state index contributed by atoms with van der Waals surface area (Å²) in [6.07, 6.45) is 1.25. The van der Waals surface area contributed by atoms with E-state index in [0.29, 0.717) is 0 Å². The van der Waals surface area contributed by atoms with Crippen LogP contribution in [0.25, 0.3) is 5.78 Å². The number of hydrogen-bond acceptors (Lipinski definition) is 4. The van der Waals surface area contributed by atoms with Crippen LogP contribution in [-0.2, 0) is 0 Å². The summed E-state index contributed by atoms with van der Waals surface area (Å²) in [6.45, 7) is 0. The van der Waals surface area contributed by atoms with Gasteiger partial charge < -0.3 is 5.32 Å². The lowest BCUT2D eigenvalue weighted by molar-refractivity contribution is 0.102.